The number of aromatic nitrogens is 1. The van der Waals surface area contributed by atoms with Gasteiger partial charge in [0.25, 0.3) is 0 Å². The Kier molecular flexibility index (Phi) is 8.26. The minimum atomic E-state index is 0.328. The van der Waals surface area contributed by atoms with Gasteiger partial charge in [0.1, 0.15) is 0 Å². The summed E-state index contributed by atoms with van der Waals surface area (Å²) in [7, 11) is 3.85. The molecule has 0 spiro atoms. The maximum absolute atomic E-state index is 13.3. The predicted octanol–water partition coefficient (Wildman–Crippen LogP) is 4.63. The number of methoxy groups -OCH3 is 1. The molecule has 1 amide bonds. The van der Waals surface area contributed by atoms with Crippen molar-refractivity contribution in [3.8, 4) is 0 Å². The first-order valence-electron chi connectivity index (χ1n) is 12.7. The molecule has 1 aromatic carbocycles. The Morgan fingerprint density at radius 1 is 1.12 bits per heavy atom. The monoisotopic (exact) mass is 439 g/mol. The van der Waals surface area contributed by atoms with Crippen LogP contribution in [0.1, 0.15) is 56.9 Å². The van der Waals surface area contributed by atoms with Gasteiger partial charge in [0.2, 0.25) is 5.91 Å². The Balaban J connectivity index is 1.35. The molecular weight excluding hydrogens is 398 g/mol. The fourth-order valence-corrected chi connectivity index (χ4v) is 6.00. The van der Waals surface area contributed by atoms with Gasteiger partial charge >= 0.3 is 0 Å². The number of aryl methyl sites for hydroxylation is 2. The second-order valence-corrected chi connectivity index (χ2v) is 9.82. The number of hydrogen-bond acceptors (Lipinski definition) is 3. The van der Waals surface area contributed by atoms with Crippen LogP contribution in [0.2, 0.25) is 0 Å². The van der Waals surface area contributed by atoms with E-state index >= 15 is 0 Å². The second-order valence-electron chi connectivity index (χ2n) is 9.82. The van der Waals surface area contributed by atoms with E-state index in [1.807, 2.05) is 0 Å². The van der Waals surface area contributed by atoms with Crippen molar-refractivity contribution < 1.29 is 9.53 Å². The van der Waals surface area contributed by atoms with Gasteiger partial charge in [-0.15, -0.1) is 0 Å². The minimum Gasteiger partial charge on any atom is -0.385 e. The van der Waals surface area contributed by atoms with Gasteiger partial charge < -0.3 is 19.1 Å². The lowest BCUT2D eigenvalue weighted by Crippen LogP contribution is -2.51. The van der Waals surface area contributed by atoms with E-state index in [9.17, 15) is 4.79 Å². The number of carbonyl (C=O) groups excluding carboxylic acids is 1. The smallest absolute Gasteiger partial charge is 0.222 e. The highest BCUT2D eigenvalue weighted by molar-refractivity contribution is 5.84. The van der Waals surface area contributed by atoms with Gasteiger partial charge in [-0.2, -0.15) is 0 Å². The molecule has 0 bridgehead atoms. The number of nitrogens with zero attached hydrogens (tertiary/aromatic N) is 3. The van der Waals surface area contributed by atoms with Crippen LogP contribution in [-0.4, -0.2) is 66.2 Å². The van der Waals surface area contributed by atoms with Gasteiger partial charge in [-0.05, 0) is 75.6 Å². The molecule has 2 fully saturated rings. The van der Waals surface area contributed by atoms with Crippen LogP contribution in [0, 0.1) is 5.92 Å². The Labute approximate surface area is 193 Å². The normalized spacial score (nSPS) is 21.6. The highest BCUT2D eigenvalue weighted by Gasteiger charge is 2.34. The highest BCUT2D eigenvalue weighted by atomic mass is 16.5. The molecule has 4 rings (SSSR count). The van der Waals surface area contributed by atoms with E-state index in [1.54, 1.807) is 7.11 Å². The van der Waals surface area contributed by atoms with E-state index in [4.69, 9.17) is 4.74 Å². The average molecular weight is 440 g/mol. The highest BCUT2D eigenvalue weighted by Crippen LogP contribution is 2.31. The van der Waals surface area contributed by atoms with Gasteiger partial charge in [0.15, 0.2) is 0 Å². The molecule has 2 aliphatic heterocycles. The number of benzene rings is 1. The van der Waals surface area contributed by atoms with Crippen molar-refractivity contribution in [3.05, 3.63) is 36.0 Å². The summed E-state index contributed by atoms with van der Waals surface area (Å²) in [6.45, 7) is 4.98. The molecule has 2 atom stereocenters. The van der Waals surface area contributed by atoms with E-state index in [1.165, 1.54) is 61.7 Å². The van der Waals surface area contributed by atoms with E-state index in [-0.39, 0.29) is 0 Å². The van der Waals surface area contributed by atoms with Gasteiger partial charge in [0.05, 0.1) is 0 Å². The average Bonchev–Trinajstić information content (AvgIpc) is 3.14. The van der Waals surface area contributed by atoms with E-state index in [0.717, 1.165) is 39.0 Å². The summed E-state index contributed by atoms with van der Waals surface area (Å²) in [4.78, 5) is 18.2. The summed E-state index contributed by atoms with van der Waals surface area (Å²) in [5.41, 5.74) is 2.62. The number of carbonyl (C=O) groups is 1. The SMILES string of the molecule is COCCCN(CC1CCCN2CCCCC12)C(=O)CCCc1cn(C)c2ccccc12. The molecule has 2 aliphatic rings. The lowest BCUT2D eigenvalue weighted by Gasteiger charge is -2.45. The van der Waals surface area contributed by atoms with Crippen LogP contribution >= 0.6 is 0 Å². The van der Waals surface area contributed by atoms with Gasteiger partial charge in [-0.3, -0.25) is 4.79 Å². The topological polar surface area (TPSA) is 37.7 Å². The Morgan fingerprint density at radius 2 is 1.97 bits per heavy atom. The van der Waals surface area contributed by atoms with Crippen LogP contribution in [0.15, 0.2) is 30.5 Å². The number of ether oxygens (including phenoxy) is 1. The molecule has 5 heteroatoms. The number of rotatable bonds is 10. The molecule has 176 valence electrons. The van der Waals surface area contributed by atoms with Crippen molar-refractivity contribution in [3.63, 3.8) is 0 Å². The molecule has 0 N–H and O–H groups in total. The van der Waals surface area contributed by atoms with E-state index in [2.05, 4.69) is 51.9 Å². The second kappa shape index (κ2) is 11.3. The number of amides is 1. The van der Waals surface area contributed by atoms with Crippen molar-refractivity contribution in [1.29, 1.82) is 0 Å². The summed E-state index contributed by atoms with van der Waals surface area (Å²) < 4.78 is 7.48. The largest absolute Gasteiger partial charge is 0.385 e. The Hall–Kier alpha value is -1.85. The van der Waals surface area contributed by atoms with Gasteiger partial charge in [-0.25, -0.2) is 0 Å². The fourth-order valence-electron chi connectivity index (χ4n) is 6.00. The first-order valence-corrected chi connectivity index (χ1v) is 12.7. The molecule has 0 radical (unpaired) electrons. The van der Waals surface area contributed by atoms with Crippen LogP contribution in [0.5, 0.6) is 0 Å². The van der Waals surface area contributed by atoms with Gasteiger partial charge in [0, 0.05) is 63.4 Å². The van der Waals surface area contributed by atoms with Crippen molar-refractivity contribution in [2.75, 3.05) is 39.9 Å². The molecule has 1 aromatic heterocycles. The third-order valence-corrected chi connectivity index (χ3v) is 7.63. The molecule has 2 unspecified atom stereocenters. The molecule has 0 aliphatic carbocycles. The number of piperidine rings is 2. The third-order valence-electron chi connectivity index (χ3n) is 7.63. The summed E-state index contributed by atoms with van der Waals surface area (Å²) in [6.07, 6.45) is 12.2. The maximum Gasteiger partial charge on any atom is 0.222 e. The fraction of sp³-hybridized carbons (Fsp3) is 0.667. The zero-order chi connectivity index (χ0) is 22.3. The maximum atomic E-state index is 13.3. The van der Waals surface area contributed by atoms with Crippen LogP contribution in [0.4, 0.5) is 0 Å². The number of hydrogen-bond donors (Lipinski definition) is 0. The van der Waals surface area contributed by atoms with Crippen LogP contribution < -0.4 is 0 Å². The zero-order valence-corrected chi connectivity index (χ0v) is 20.1. The number of para-hydroxylation sites is 1. The molecule has 0 saturated carbocycles. The summed E-state index contributed by atoms with van der Waals surface area (Å²) in [5, 5.41) is 1.32. The molecule has 2 saturated heterocycles. The molecule has 5 nitrogen and oxygen atoms in total. The Morgan fingerprint density at radius 3 is 2.84 bits per heavy atom. The molecule has 2 aromatic rings. The van der Waals surface area contributed by atoms with E-state index in [0.29, 0.717) is 24.3 Å². The van der Waals surface area contributed by atoms with Crippen LogP contribution in [0.25, 0.3) is 10.9 Å². The van der Waals surface area contributed by atoms with Crippen molar-refractivity contribution in [2.45, 2.75) is 63.8 Å². The third kappa shape index (κ3) is 5.55. The first kappa shape index (κ1) is 23.3. The lowest BCUT2D eigenvalue weighted by atomic mass is 9.83. The molecule has 3 heterocycles. The number of fused-ring (bicyclic) bond motifs is 2. The standard InChI is InChI=1S/C27H41N3O2/c1-28-20-22(24-12-3-4-14-26(24)28)10-7-15-27(31)30(18-9-19-32-2)21-23-11-8-17-29-16-6-5-13-25(23)29/h3-4,12,14,20,23,25H,5-11,13,15-19,21H2,1-2H3. The summed E-state index contributed by atoms with van der Waals surface area (Å²) in [6, 6.07) is 9.24. The van der Waals surface area contributed by atoms with Crippen LogP contribution in [-0.2, 0) is 23.0 Å². The Bertz CT molecular complexity index is 875. The molecule has 32 heavy (non-hydrogen) atoms. The lowest BCUT2D eigenvalue weighted by molar-refractivity contribution is -0.133. The quantitative estimate of drug-likeness (QED) is 0.507. The first-order chi connectivity index (χ1) is 15.7. The minimum absolute atomic E-state index is 0.328. The molecular formula is C27H41N3O2. The van der Waals surface area contributed by atoms with E-state index < -0.39 is 0 Å². The van der Waals surface area contributed by atoms with Crippen molar-refractivity contribution in [1.82, 2.24) is 14.4 Å². The van der Waals surface area contributed by atoms with Gasteiger partial charge in [-0.1, -0.05) is 24.6 Å². The zero-order valence-electron chi connectivity index (χ0n) is 20.1. The summed E-state index contributed by atoms with van der Waals surface area (Å²) >= 11 is 0. The van der Waals surface area contributed by atoms with Crippen molar-refractivity contribution in [2.24, 2.45) is 13.0 Å². The summed E-state index contributed by atoms with van der Waals surface area (Å²) in [5.74, 6) is 0.961. The predicted molar refractivity (Wildman–Crippen MR) is 131 cm³/mol. The van der Waals surface area contributed by atoms with Crippen LogP contribution in [0.3, 0.4) is 0 Å². The van der Waals surface area contributed by atoms with Crippen molar-refractivity contribution >= 4 is 16.8 Å².